The minimum Gasteiger partial charge on any atom is -0.378 e. The van der Waals surface area contributed by atoms with Crippen LogP contribution in [0.25, 0.3) is 0 Å². The summed E-state index contributed by atoms with van der Waals surface area (Å²) in [6.07, 6.45) is 8.51. The van der Waals surface area contributed by atoms with Crippen molar-refractivity contribution in [2.45, 2.75) is 38.3 Å². The number of hydrogen-bond acceptors (Lipinski definition) is 2. The van der Waals surface area contributed by atoms with Gasteiger partial charge in [-0.2, -0.15) is 5.10 Å². The molecule has 1 aromatic heterocycles. The summed E-state index contributed by atoms with van der Waals surface area (Å²) in [4.78, 5) is 0. The fourth-order valence-electron chi connectivity index (χ4n) is 2.67. The van der Waals surface area contributed by atoms with Crippen molar-refractivity contribution in [3.8, 4) is 0 Å². The van der Waals surface area contributed by atoms with Crippen LogP contribution in [0.5, 0.6) is 0 Å². The van der Waals surface area contributed by atoms with E-state index in [0.29, 0.717) is 11.6 Å². The number of nitrogens with one attached hydrogen (secondary N) is 1. The molecule has 0 bridgehead atoms. The van der Waals surface area contributed by atoms with E-state index in [1.807, 2.05) is 10.9 Å². The molecule has 106 valence electrons. The van der Waals surface area contributed by atoms with Gasteiger partial charge in [0.15, 0.2) is 0 Å². The number of aromatic nitrogens is 2. The normalized spacial score (nSPS) is 15.7. The molecule has 1 saturated carbocycles. The van der Waals surface area contributed by atoms with Gasteiger partial charge < -0.3 is 5.32 Å². The predicted octanol–water partition coefficient (Wildman–Crippen LogP) is 3.89. The largest absolute Gasteiger partial charge is 0.378 e. The molecule has 0 radical (unpaired) electrons. The molecule has 0 saturated heterocycles. The van der Waals surface area contributed by atoms with Crippen LogP contribution >= 0.6 is 0 Å². The van der Waals surface area contributed by atoms with E-state index in [1.165, 1.54) is 31.7 Å². The Labute approximate surface area is 116 Å². The zero-order valence-electron chi connectivity index (χ0n) is 11.1. The molecular weight excluding hydrogens is 260 g/mol. The van der Waals surface area contributed by atoms with Crippen molar-refractivity contribution < 1.29 is 8.78 Å². The predicted molar refractivity (Wildman–Crippen MR) is 73.4 cm³/mol. The highest BCUT2D eigenvalue weighted by atomic mass is 19.1. The molecule has 0 atom stereocenters. The van der Waals surface area contributed by atoms with Gasteiger partial charge in [0, 0.05) is 18.3 Å². The molecule has 1 fully saturated rings. The van der Waals surface area contributed by atoms with E-state index in [2.05, 4.69) is 10.4 Å². The summed E-state index contributed by atoms with van der Waals surface area (Å²) in [6.45, 7) is 0.250. The van der Waals surface area contributed by atoms with Crippen LogP contribution in [0.2, 0.25) is 0 Å². The van der Waals surface area contributed by atoms with Gasteiger partial charge in [-0.25, -0.2) is 8.78 Å². The Balaban J connectivity index is 1.64. The summed E-state index contributed by atoms with van der Waals surface area (Å²) < 4.78 is 28.5. The van der Waals surface area contributed by atoms with Gasteiger partial charge in [-0.15, -0.1) is 0 Å². The highest BCUT2D eigenvalue weighted by molar-refractivity contribution is 5.39. The lowest BCUT2D eigenvalue weighted by molar-refractivity contribution is 0.467. The molecule has 1 N–H and O–H groups in total. The monoisotopic (exact) mass is 277 g/mol. The van der Waals surface area contributed by atoms with Gasteiger partial charge in [0.25, 0.3) is 0 Å². The van der Waals surface area contributed by atoms with Gasteiger partial charge in [-0.05, 0) is 31.0 Å². The first-order valence-corrected chi connectivity index (χ1v) is 6.94. The summed E-state index contributed by atoms with van der Waals surface area (Å²) in [5.41, 5.74) is 1.15. The molecule has 2 aromatic rings. The summed E-state index contributed by atoms with van der Waals surface area (Å²) in [6, 6.07) is 3.96. The van der Waals surface area contributed by atoms with Crippen LogP contribution in [-0.4, -0.2) is 9.78 Å². The Morgan fingerprint density at radius 1 is 1.25 bits per heavy atom. The topological polar surface area (TPSA) is 29.9 Å². The minimum absolute atomic E-state index is 0.250. The molecule has 3 rings (SSSR count). The van der Waals surface area contributed by atoms with E-state index < -0.39 is 11.6 Å². The third-order valence-corrected chi connectivity index (χ3v) is 3.79. The van der Waals surface area contributed by atoms with Crippen molar-refractivity contribution >= 4 is 5.69 Å². The van der Waals surface area contributed by atoms with E-state index in [-0.39, 0.29) is 6.54 Å². The third kappa shape index (κ3) is 2.81. The Morgan fingerprint density at radius 2 is 2.05 bits per heavy atom. The molecule has 0 spiro atoms. The molecule has 1 heterocycles. The van der Waals surface area contributed by atoms with Crippen LogP contribution in [0, 0.1) is 11.6 Å². The second-order valence-electron chi connectivity index (χ2n) is 5.24. The van der Waals surface area contributed by atoms with Crippen LogP contribution in [0.3, 0.4) is 0 Å². The van der Waals surface area contributed by atoms with Crippen LogP contribution in [0.1, 0.15) is 37.3 Å². The van der Waals surface area contributed by atoms with Gasteiger partial charge in [0.05, 0.1) is 17.9 Å². The first-order chi connectivity index (χ1) is 9.72. The van der Waals surface area contributed by atoms with Crippen molar-refractivity contribution in [1.82, 2.24) is 9.78 Å². The standard InChI is InChI=1S/C15H17F2N3/c16-12-5-6-15(17)11(7-12)8-18-13-9-19-20(10-13)14-3-1-2-4-14/h5-7,9-10,14,18H,1-4,8H2. The molecule has 0 unspecified atom stereocenters. The second-order valence-corrected chi connectivity index (χ2v) is 5.24. The van der Waals surface area contributed by atoms with Crippen LogP contribution in [-0.2, 0) is 6.54 Å². The number of rotatable bonds is 4. The van der Waals surface area contributed by atoms with Crippen molar-refractivity contribution in [1.29, 1.82) is 0 Å². The molecule has 20 heavy (non-hydrogen) atoms. The smallest absolute Gasteiger partial charge is 0.128 e. The van der Waals surface area contributed by atoms with Crippen molar-refractivity contribution in [3.05, 3.63) is 47.8 Å². The lowest BCUT2D eigenvalue weighted by Gasteiger charge is -2.09. The third-order valence-electron chi connectivity index (χ3n) is 3.79. The first kappa shape index (κ1) is 13.1. The molecule has 0 aliphatic heterocycles. The Hall–Kier alpha value is -1.91. The van der Waals surface area contributed by atoms with E-state index in [4.69, 9.17) is 0 Å². The highest BCUT2D eigenvalue weighted by Crippen LogP contribution is 2.29. The van der Waals surface area contributed by atoms with E-state index in [1.54, 1.807) is 6.20 Å². The highest BCUT2D eigenvalue weighted by Gasteiger charge is 2.17. The molecule has 1 aromatic carbocycles. The van der Waals surface area contributed by atoms with Gasteiger partial charge in [0.2, 0.25) is 0 Å². The molecule has 3 nitrogen and oxygen atoms in total. The number of benzene rings is 1. The second kappa shape index (κ2) is 5.61. The quantitative estimate of drug-likeness (QED) is 0.919. The number of nitrogens with zero attached hydrogens (tertiary/aromatic N) is 2. The Kier molecular flexibility index (Phi) is 3.67. The average molecular weight is 277 g/mol. The Bertz CT molecular complexity index is 589. The van der Waals surface area contributed by atoms with Crippen LogP contribution in [0.4, 0.5) is 14.5 Å². The SMILES string of the molecule is Fc1ccc(F)c(CNc2cnn(C3CCCC3)c2)c1. The minimum atomic E-state index is -0.426. The fraction of sp³-hybridized carbons (Fsp3) is 0.400. The summed E-state index contributed by atoms with van der Waals surface area (Å²) >= 11 is 0. The fourth-order valence-corrected chi connectivity index (χ4v) is 2.67. The number of halogens is 2. The van der Waals surface area contributed by atoms with Crippen molar-refractivity contribution in [3.63, 3.8) is 0 Å². The van der Waals surface area contributed by atoms with Crippen LogP contribution < -0.4 is 5.32 Å². The maximum atomic E-state index is 13.5. The maximum absolute atomic E-state index is 13.5. The van der Waals surface area contributed by atoms with Gasteiger partial charge >= 0.3 is 0 Å². The number of anilines is 1. The van der Waals surface area contributed by atoms with Gasteiger partial charge in [-0.1, -0.05) is 12.8 Å². The molecule has 0 amide bonds. The van der Waals surface area contributed by atoms with Gasteiger partial charge in [-0.3, -0.25) is 4.68 Å². The van der Waals surface area contributed by atoms with Crippen molar-refractivity contribution in [2.75, 3.05) is 5.32 Å². The van der Waals surface area contributed by atoms with Crippen molar-refractivity contribution in [2.24, 2.45) is 0 Å². The molecular formula is C15H17F2N3. The van der Waals surface area contributed by atoms with Crippen LogP contribution in [0.15, 0.2) is 30.6 Å². The zero-order chi connectivity index (χ0) is 13.9. The first-order valence-electron chi connectivity index (χ1n) is 6.94. The summed E-state index contributed by atoms with van der Waals surface area (Å²) in [5, 5.41) is 7.42. The molecule has 1 aliphatic rings. The number of hydrogen-bond donors (Lipinski definition) is 1. The maximum Gasteiger partial charge on any atom is 0.128 e. The van der Waals surface area contributed by atoms with Gasteiger partial charge in [0.1, 0.15) is 11.6 Å². The Morgan fingerprint density at radius 3 is 2.85 bits per heavy atom. The summed E-state index contributed by atoms with van der Waals surface area (Å²) in [7, 11) is 0. The molecule has 1 aliphatic carbocycles. The van der Waals surface area contributed by atoms with E-state index in [0.717, 1.165) is 17.8 Å². The molecule has 5 heteroatoms. The van der Waals surface area contributed by atoms with E-state index in [9.17, 15) is 8.78 Å². The zero-order valence-corrected chi connectivity index (χ0v) is 11.1. The summed E-state index contributed by atoms with van der Waals surface area (Å²) in [5.74, 6) is -0.827. The lowest BCUT2D eigenvalue weighted by Crippen LogP contribution is -2.05. The lowest BCUT2D eigenvalue weighted by atomic mass is 10.2. The van der Waals surface area contributed by atoms with E-state index >= 15 is 0 Å². The average Bonchev–Trinajstić information content (AvgIpc) is 3.09.